The van der Waals surface area contributed by atoms with Crippen molar-refractivity contribution >= 4 is 11.4 Å². The minimum absolute atomic E-state index is 0.0257. The number of hydrogen-bond donors (Lipinski definition) is 1. The highest BCUT2D eigenvalue weighted by Gasteiger charge is 2.15. The number of nitrogens with two attached hydrogens (primary N) is 1. The molecule has 2 N–H and O–H groups in total. The van der Waals surface area contributed by atoms with E-state index in [4.69, 9.17) is 10.5 Å². The van der Waals surface area contributed by atoms with Crippen LogP contribution in [0, 0.1) is 30.9 Å². The standard InChI is InChI=1S/C14H15N3O3/c1-8-6-9(2)13(7-12(8)17(18)19)20-14-5-4-11(15)10(3)16-14/h4-7H,15H2,1-3H3. The van der Waals surface area contributed by atoms with Gasteiger partial charge >= 0.3 is 0 Å². The lowest BCUT2D eigenvalue weighted by atomic mass is 10.1. The molecule has 1 aromatic carbocycles. The summed E-state index contributed by atoms with van der Waals surface area (Å²) in [7, 11) is 0. The summed E-state index contributed by atoms with van der Waals surface area (Å²) in [6.07, 6.45) is 0. The number of nitrogens with zero attached hydrogens (tertiary/aromatic N) is 2. The lowest BCUT2D eigenvalue weighted by molar-refractivity contribution is -0.385. The number of aryl methyl sites for hydroxylation is 3. The molecule has 2 aromatic rings. The van der Waals surface area contributed by atoms with Crippen LogP contribution in [0.15, 0.2) is 24.3 Å². The first kappa shape index (κ1) is 13.8. The Labute approximate surface area is 116 Å². The number of aromatic nitrogens is 1. The Kier molecular flexibility index (Phi) is 3.56. The molecule has 0 aliphatic heterocycles. The van der Waals surface area contributed by atoms with Crippen molar-refractivity contribution in [1.29, 1.82) is 0 Å². The first-order valence-corrected chi connectivity index (χ1v) is 6.05. The molecule has 6 nitrogen and oxygen atoms in total. The van der Waals surface area contributed by atoms with Gasteiger partial charge < -0.3 is 10.5 Å². The smallest absolute Gasteiger partial charge is 0.276 e. The first-order chi connectivity index (χ1) is 9.38. The third-order valence-corrected chi connectivity index (χ3v) is 3.01. The van der Waals surface area contributed by atoms with Gasteiger partial charge in [0, 0.05) is 11.6 Å². The molecule has 0 atom stereocenters. The van der Waals surface area contributed by atoms with Crippen LogP contribution in [0.5, 0.6) is 11.6 Å². The zero-order valence-corrected chi connectivity index (χ0v) is 11.5. The maximum Gasteiger partial charge on any atom is 0.276 e. The lowest BCUT2D eigenvalue weighted by Crippen LogP contribution is -1.98. The first-order valence-electron chi connectivity index (χ1n) is 6.05. The number of nitrogen functional groups attached to an aromatic ring is 1. The Bertz CT molecular complexity index is 684. The van der Waals surface area contributed by atoms with Gasteiger partial charge in [-0.25, -0.2) is 4.98 Å². The van der Waals surface area contributed by atoms with E-state index in [-0.39, 0.29) is 5.69 Å². The summed E-state index contributed by atoms with van der Waals surface area (Å²) in [5.41, 5.74) is 8.35. The zero-order chi connectivity index (χ0) is 14.9. The number of rotatable bonds is 3. The van der Waals surface area contributed by atoms with Crippen LogP contribution in [0.2, 0.25) is 0 Å². The molecule has 0 aliphatic rings. The van der Waals surface area contributed by atoms with E-state index in [2.05, 4.69) is 4.98 Å². The molecular weight excluding hydrogens is 258 g/mol. The lowest BCUT2D eigenvalue weighted by Gasteiger charge is -2.10. The molecule has 0 aliphatic carbocycles. The average Bonchev–Trinajstić information content (AvgIpc) is 2.36. The summed E-state index contributed by atoms with van der Waals surface area (Å²) in [5.74, 6) is 0.775. The molecule has 1 aromatic heterocycles. The molecule has 0 saturated heterocycles. The average molecular weight is 273 g/mol. The van der Waals surface area contributed by atoms with Gasteiger partial charge in [-0.2, -0.15) is 0 Å². The Morgan fingerprint density at radius 2 is 1.90 bits per heavy atom. The second-order valence-corrected chi connectivity index (χ2v) is 4.59. The predicted molar refractivity (Wildman–Crippen MR) is 76.0 cm³/mol. The van der Waals surface area contributed by atoms with Crippen molar-refractivity contribution < 1.29 is 9.66 Å². The molecule has 0 saturated carbocycles. The molecule has 0 bridgehead atoms. The number of benzene rings is 1. The Morgan fingerprint density at radius 1 is 1.20 bits per heavy atom. The molecule has 104 valence electrons. The minimum Gasteiger partial charge on any atom is -0.438 e. The van der Waals surface area contributed by atoms with E-state index in [9.17, 15) is 10.1 Å². The van der Waals surface area contributed by atoms with Crippen molar-refractivity contribution in [2.24, 2.45) is 0 Å². The molecule has 20 heavy (non-hydrogen) atoms. The predicted octanol–water partition coefficient (Wildman–Crippen LogP) is 3.29. The highest BCUT2D eigenvalue weighted by Crippen LogP contribution is 2.31. The number of hydrogen-bond acceptors (Lipinski definition) is 5. The van der Waals surface area contributed by atoms with Gasteiger partial charge in [0.1, 0.15) is 5.75 Å². The number of nitro benzene ring substituents is 1. The van der Waals surface area contributed by atoms with E-state index < -0.39 is 4.92 Å². The molecule has 6 heteroatoms. The quantitative estimate of drug-likeness (QED) is 0.684. The number of ether oxygens (including phenoxy) is 1. The molecule has 2 rings (SSSR count). The maximum atomic E-state index is 11.0. The SMILES string of the molecule is Cc1cc(C)c([N+](=O)[O-])cc1Oc1ccc(N)c(C)n1. The summed E-state index contributed by atoms with van der Waals surface area (Å²) in [6, 6.07) is 6.46. The van der Waals surface area contributed by atoms with E-state index in [0.29, 0.717) is 28.6 Å². The van der Waals surface area contributed by atoms with Crippen LogP contribution in [0.4, 0.5) is 11.4 Å². The third-order valence-electron chi connectivity index (χ3n) is 3.01. The highest BCUT2D eigenvalue weighted by molar-refractivity contribution is 5.51. The summed E-state index contributed by atoms with van der Waals surface area (Å²) in [5, 5.41) is 11.0. The van der Waals surface area contributed by atoms with Gasteiger partial charge in [0.15, 0.2) is 0 Å². The molecule has 0 spiro atoms. The van der Waals surface area contributed by atoms with Crippen molar-refractivity contribution in [2.75, 3.05) is 5.73 Å². The topological polar surface area (TPSA) is 91.3 Å². The van der Waals surface area contributed by atoms with Crippen LogP contribution in [-0.4, -0.2) is 9.91 Å². The van der Waals surface area contributed by atoms with Gasteiger partial charge in [0.25, 0.3) is 5.69 Å². The maximum absolute atomic E-state index is 11.0. The van der Waals surface area contributed by atoms with Crippen molar-refractivity contribution in [3.63, 3.8) is 0 Å². The molecular formula is C14H15N3O3. The van der Waals surface area contributed by atoms with Gasteiger partial charge in [-0.3, -0.25) is 10.1 Å². The van der Waals surface area contributed by atoms with Crippen LogP contribution in [0.3, 0.4) is 0 Å². The second kappa shape index (κ2) is 5.16. The second-order valence-electron chi connectivity index (χ2n) is 4.59. The van der Waals surface area contributed by atoms with E-state index in [1.807, 2.05) is 6.92 Å². The van der Waals surface area contributed by atoms with E-state index >= 15 is 0 Å². The van der Waals surface area contributed by atoms with Gasteiger partial charge in [-0.1, -0.05) is 0 Å². The highest BCUT2D eigenvalue weighted by atomic mass is 16.6. The van der Waals surface area contributed by atoms with Crippen LogP contribution >= 0.6 is 0 Å². The van der Waals surface area contributed by atoms with Crippen LogP contribution in [0.25, 0.3) is 0 Å². The molecule has 0 fully saturated rings. The monoisotopic (exact) mass is 273 g/mol. The molecule has 1 heterocycles. The van der Waals surface area contributed by atoms with Crippen LogP contribution < -0.4 is 10.5 Å². The Morgan fingerprint density at radius 3 is 2.50 bits per heavy atom. The van der Waals surface area contributed by atoms with Gasteiger partial charge in [-0.15, -0.1) is 0 Å². The molecule has 0 unspecified atom stereocenters. The van der Waals surface area contributed by atoms with Gasteiger partial charge in [0.05, 0.1) is 22.4 Å². The fourth-order valence-corrected chi connectivity index (χ4v) is 1.85. The number of anilines is 1. The normalized spacial score (nSPS) is 10.3. The molecule has 0 amide bonds. The minimum atomic E-state index is -0.427. The summed E-state index contributed by atoms with van der Waals surface area (Å²) < 4.78 is 5.62. The summed E-state index contributed by atoms with van der Waals surface area (Å²) in [4.78, 5) is 14.7. The van der Waals surface area contributed by atoms with Crippen LogP contribution in [0.1, 0.15) is 16.8 Å². The largest absolute Gasteiger partial charge is 0.438 e. The molecule has 0 radical (unpaired) electrons. The van der Waals surface area contributed by atoms with Crippen molar-refractivity contribution in [2.45, 2.75) is 20.8 Å². The van der Waals surface area contributed by atoms with Crippen molar-refractivity contribution in [3.05, 3.63) is 51.2 Å². The van der Waals surface area contributed by atoms with Crippen LogP contribution in [-0.2, 0) is 0 Å². The Balaban J connectivity index is 2.40. The zero-order valence-electron chi connectivity index (χ0n) is 11.5. The summed E-state index contributed by atoms with van der Waals surface area (Å²) >= 11 is 0. The van der Waals surface area contributed by atoms with E-state index in [0.717, 1.165) is 5.56 Å². The van der Waals surface area contributed by atoms with Gasteiger partial charge in [0.2, 0.25) is 5.88 Å². The number of pyridine rings is 1. The summed E-state index contributed by atoms with van der Waals surface area (Å²) in [6.45, 7) is 5.30. The third kappa shape index (κ3) is 2.69. The number of nitro groups is 1. The van der Waals surface area contributed by atoms with Crippen molar-refractivity contribution in [1.82, 2.24) is 4.98 Å². The van der Waals surface area contributed by atoms with Gasteiger partial charge in [-0.05, 0) is 38.5 Å². The fraction of sp³-hybridized carbons (Fsp3) is 0.214. The Hall–Kier alpha value is -2.63. The van der Waals surface area contributed by atoms with Crippen molar-refractivity contribution in [3.8, 4) is 11.6 Å². The fourth-order valence-electron chi connectivity index (χ4n) is 1.85. The van der Waals surface area contributed by atoms with E-state index in [1.165, 1.54) is 6.07 Å². The van der Waals surface area contributed by atoms with E-state index in [1.54, 1.807) is 32.0 Å².